The zero-order chi connectivity index (χ0) is 28.4. The van der Waals surface area contributed by atoms with Gasteiger partial charge in [0.1, 0.15) is 36.9 Å². The van der Waals surface area contributed by atoms with E-state index in [0.717, 1.165) is 47.0 Å². The summed E-state index contributed by atoms with van der Waals surface area (Å²) in [5, 5.41) is 0. The van der Waals surface area contributed by atoms with Crippen molar-refractivity contribution in [2.75, 3.05) is 26.4 Å². The van der Waals surface area contributed by atoms with Crippen LogP contribution in [0.25, 0.3) is 22.3 Å². The molecule has 0 aromatic heterocycles. The van der Waals surface area contributed by atoms with Crippen LogP contribution in [-0.4, -0.2) is 38.6 Å². The smallest absolute Gasteiger partial charge is 0.127 e. The molecule has 2 unspecified atom stereocenters. The molecule has 2 saturated heterocycles. The van der Waals surface area contributed by atoms with E-state index in [1.54, 1.807) is 0 Å². The Hall–Kier alpha value is -4.38. The van der Waals surface area contributed by atoms with Crippen LogP contribution in [0.5, 0.6) is 11.5 Å². The van der Waals surface area contributed by atoms with E-state index in [1.807, 2.05) is 12.1 Å². The van der Waals surface area contributed by atoms with Gasteiger partial charge in [-0.2, -0.15) is 0 Å². The van der Waals surface area contributed by atoms with Gasteiger partial charge in [-0.05, 0) is 59.0 Å². The van der Waals surface area contributed by atoms with Crippen molar-refractivity contribution in [1.29, 1.82) is 0 Å². The summed E-state index contributed by atoms with van der Waals surface area (Å²) >= 11 is 0. The molecule has 4 heteroatoms. The largest absolute Gasteiger partial charge is 0.490 e. The topological polar surface area (TPSA) is 43.5 Å². The van der Waals surface area contributed by atoms with Crippen molar-refractivity contribution in [3.63, 3.8) is 0 Å². The fourth-order valence-electron chi connectivity index (χ4n) is 5.59. The van der Waals surface area contributed by atoms with Gasteiger partial charge in [0.2, 0.25) is 0 Å². The maximum Gasteiger partial charge on any atom is 0.127 e. The first-order valence-electron chi connectivity index (χ1n) is 14.6. The first-order chi connectivity index (χ1) is 20.7. The molecule has 0 amide bonds. The molecule has 0 aliphatic carbocycles. The molecule has 0 saturated carbocycles. The molecular weight excluding hydrogens is 520 g/mol. The predicted molar refractivity (Wildman–Crippen MR) is 166 cm³/mol. The maximum atomic E-state index is 6.29. The highest BCUT2D eigenvalue weighted by molar-refractivity contribution is 5.75. The summed E-state index contributed by atoms with van der Waals surface area (Å²) in [5.41, 5.74) is 7.51. The third-order valence-electron chi connectivity index (χ3n) is 8.29. The Labute approximate surface area is 247 Å². The Balaban J connectivity index is 1.37. The van der Waals surface area contributed by atoms with E-state index in [2.05, 4.69) is 122 Å². The third-order valence-corrected chi connectivity index (χ3v) is 8.29. The molecule has 5 aromatic rings. The zero-order valence-corrected chi connectivity index (χ0v) is 23.7. The van der Waals surface area contributed by atoms with Crippen molar-refractivity contribution >= 4 is 0 Å². The Morgan fingerprint density at radius 2 is 0.952 bits per heavy atom. The van der Waals surface area contributed by atoms with Crippen LogP contribution in [0.15, 0.2) is 127 Å². The lowest BCUT2D eigenvalue weighted by atomic mass is 9.70. The van der Waals surface area contributed by atoms with E-state index >= 15 is 0 Å². The van der Waals surface area contributed by atoms with Gasteiger partial charge in [-0.15, -0.1) is 0 Å². The van der Waals surface area contributed by atoms with Crippen molar-refractivity contribution in [1.82, 2.24) is 0 Å². The van der Waals surface area contributed by atoms with E-state index in [4.69, 9.17) is 18.9 Å². The lowest BCUT2D eigenvalue weighted by molar-refractivity contribution is 0.263. The van der Waals surface area contributed by atoms with E-state index < -0.39 is 5.41 Å². The molecular formula is C38H34O4. The summed E-state index contributed by atoms with van der Waals surface area (Å²) in [7, 11) is 0. The first kappa shape index (κ1) is 26.5. The molecule has 5 aromatic carbocycles. The van der Waals surface area contributed by atoms with Gasteiger partial charge >= 0.3 is 0 Å². The van der Waals surface area contributed by atoms with Gasteiger partial charge < -0.3 is 18.9 Å². The Morgan fingerprint density at radius 3 is 1.36 bits per heavy atom. The summed E-state index contributed by atoms with van der Waals surface area (Å²) in [6, 6.07) is 44.9. The molecule has 2 heterocycles. The van der Waals surface area contributed by atoms with Crippen molar-refractivity contribution < 1.29 is 18.9 Å². The Morgan fingerprint density at radius 1 is 0.548 bits per heavy atom. The molecule has 210 valence electrons. The van der Waals surface area contributed by atoms with Gasteiger partial charge in [-0.1, -0.05) is 103 Å². The van der Waals surface area contributed by atoms with Crippen LogP contribution < -0.4 is 9.47 Å². The number of ether oxygens (including phenoxy) is 4. The standard InChI is InChI=1S/C38H34O4/c1-38(29-15-9-4-10-16-29,30-17-19-36(41-25-32-23-39-32)34(21-30)27-11-5-2-6-12-27)31-18-20-37(42-26-33-24-40-33)35(22-31)28-13-7-3-8-14-28/h2-22,32-33H,23-26H2,1H3. The van der Waals surface area contributed by atoms with Gasteiger partial charge in [-0.3, -0.25) is 0 Å². The average molecular weight is 555 g/mol. The minimum atomic E-state index is -0.454. The molecule has 4 nitrogen and oxygen atoms in total. The van der Waals surface area contributed by atoms with Gasteiger partial charge in [0.15, 0.2) is 0 Å². The first-order valence-corrected chi connectivity index (χ1v) is 14.6. The van der Waals surface area contributed by atoms with Crippen LogP contribution in [-0.2, 0) is 14.9 Å². The number of hydrogen-bond acceptors (Lipinski definition) is 4. The lowest BCUT2D eigenvalue weighted by Crippen LogP contribution is -2.25. The fraction of sp³-hybridized carbons (Fsp3) is 0.211. The second-order valence-electron chi connectivity index (χ2n) is 11.2. The number of rotatable bonds is 11. The Kier molecular flexibility index (Phi) is 7.25. The summed E-state index contributed by atoms with van der Waals surface area (Å²) in [4.78, 5) is 0. The second-order valence-corrected chi connectivity index (χ2v) is 11.2. The lowest BCUT2D eigenvalue weighted by Gasteiger charge is -2.33. The van der Waals surface area contributed by atoms with Crippen molar-refractivity contribution in [2.24, 2.45) is 0 Å². The third kappa shape index (κ3) is 5.56. The molecule has 2 aliphatic rings. The highest BCUT2D eigenvalue weighted by atomic mass is 16.6. The van der Waals surface area contributed by atoms with Gasteiger partial charge in [0.05, 0.1) is 13.2 Å². The van der Waals surface area contributed by atoms with E-state index in [9.17, 15) is 0 Å². The highest BCUT2D eigenvalue weighted by Gasteiger charge is 2.33. The van der Waals surface area contributed by atoms with Crippen LogP contribution in [0.3, 0.4) is 0 Å². The van der Waals surface area contributed by atoms with E-state index in [1.165, 1.54) is 16.7 Å². The molecule has 7 rings (SSSR count). The summed E-state index contributed by atoms with van der Waals surface area (Å²) in [6.45, 7) is 4.96. The molecule has 0 bridgehead atoms. The van der Waals surface area contributed by atoms with E-state index in [0.29, 0.717) is 13.2 Å². The maximum absolute atomic E-state index is 6.29. The average Bonchev–Trinajstić information content (AvgIpc) is 4.00. The van der Waals surface area contributed by atoms with Crippen LogP contribution >= 0.6 is 0 Å². The number of epoxide rings is 2. The molecule has 2 fully saturated rings. The fourth-order valence-corrected chi connectivity index (χ4v) is 5.59. The summed E-state index contributed by atoms with van der Waals surface area (Å²) < 4.78 is 23.4. The van der Waals surface area contributed by atoms with Crippen molar-refractivity contribution in [3.8, 4) is 33.8 Å². The minimum Gasteiger partial charge on any atom is -0.490 e. The molecule has 2 atom stereocenters. The van der Waals surface area contributed by atoms with Crippen LogP contribution in [0.2, 0.25) is 0 Å². The molecule has 0 N–H and O–H groups in total. The minimum absolute atomic E-state index is 0.187. The Bertz CT molecular complexity index is 1540. The molecule has 0 spiro atoms. The van der Waals surface area contributed by atoms with Crippen LogP contribution in [0.4, 0.5) is 0 Å². The van der Waals surface area contributed by atoms with Gasteiger partial charge in [-0.25, -0.2) is 0 Å². The second kappa shape index (κ2) is 11.5. The molecule has 42 heavy (non-hydrogen) atoms. The molecule has 0 radical (unpaired) electrons. The quantitative estimate of drug-likeness (QED) is 0.123. The van der Waals surface area contributed by atoms with E-state index in [-0.39, 0.29) is 12.2 Å². The van der Waals surface area contributed by atoms with Gasteiger partial charge in [0.25, 0.3) is 0 Å². The monoisotopic (exact) mass is 554 g/mol. The highest BCUT2D eigenvalue weighted by Crippen LogP contribution is 2.45. The van der Waals surface area contributed by atoms with Crippen LogP contribution in [0.1, 0.15) is 23.6 Å². The van der Waals surface area contributed by atoms with Crippen LogP contribution in [0, 0.1) is 0 Å². The van der Waals surface area contributed by atoms with Crippen molar-refractivity contribution in [2.45, 2.75) is 24.5 Å². The normalized spacial score (nSPS) is 18.6. The van der Waals surface area contributed by atoms with Gasteiger partial charge in [0, 0.05) is 16.5 Å². The number of hydrogen-bond donors (Lipinski definition) is 0. The summed E-state index contributed by atoms with van der Waals surface area (Å²) in [6.07, 6.45) is 0.373. The SMILES string of the molecule is CC(c1ccccc1)(c1ccc(OCC2CO2)c(-c2ccccc2)c1)c1ccc(OCC2CO2)c(-c2ccccc2)c1. The predicted octanol–water partition coefficient (Wildman–Crippen LogP) is 7.93. The molecule has 2 aliphatic heterocycles. The zero-order valence-electron chi connectivity index (χ0n) is 23.7. The summed E-state index contributed by atoms with van der Waals surface area (Å²) in [5.74, 6) is 1.73. The van der Waals surface area contributed by atoms with Crippen molar-refractivity contribution in [3.05, 3.63) is 144 Å². The number of benzene rings is 5.